The van der Waals surface area contributed by atoms with Crippen LogP contribution in [0.1, 0.15) is 45.4 Å². The number of carboxylic acid groups (broad SMARTS) is 1. The molecule has 3 heteroatoms. The number of rotatable bonds is 10. The Morgan fingerprint density at radius 2 is 1.79 bits per heavy atom. The molecule has 1 aliphatic heterocycles. The van der Waals surface area contributed by atoms with Crippen molar-refractivity contribution in [3.8, 4) is 0 Å². The predicted molar refractivity (Wildman–Crippen MR) is 77.1 cm³/mol. The van der Waals surface area contributed by atoms with E-state index in [4.69, 9.17) is 9.84 Å². The van der Waals surface area contributed by atoms with Crippen LogP contribution < -0.4 is 0 Å². The van der Waals surface area contributed by atoms with Crippen LogP contribution in [0, 0.1) is 0 Å². The lowest BCUT2D eigenvalue weighted by atomic mass is 10.1. The number of hydrogen-bond donors (Lipinski definition) is 1. The molecular weight excluding hydrogens is 240 g/mol. The zero-order valence-corrected chi connectivity index (χ0v) is 11.6. The van der Waals surface area contributed by atoms with Crippen molar-refractivity contribution in [1.29, 1.82) is 0 Å². The number of hydrogen-bond acceptors (Lipinski definition) is 2. The SMILES string of the molecule is C/C=C\C[C@@H]1O[C@@H]1C/C=C\C/C=C\CCCC(=O)O. The van der Waals surface area contributed by atoms with Crippen LogP contribution in [0.15, 0.2) is 36.5 Å². The minimum absolute atomic E-state index is 0.257. The van der Waals surface area contributed by atoms with Gasteiger partial charge in [0, 0.05) is 6.42 Å². The van der Waals surface area contributed by atoms with Gasteiger partial charge in [0.2, 0.25) is 0 Å². The van der Waals surface area contributed by atoms with Gasteiger partial charge in [-0.25, -0.2) is 0 Å². The summed E-state index contributed by atoms with van der Waals surface area (Å²) in [5.74, 6) is -0.717. The summed E-state index contributed by atoms with van der Waals surface area (Å²) in [7, 11) is 0. The van der Waals surface area contributed by atoms with Gasteiger partial charge in [-0.15, -0.1) is 0 Å². The lowest BCUT2D eigenvalue weighted by Gasteiger charge is -1.90. The van der Waals surface area contributed by atoms with E-state index in [-0.39, 0.29) is 6.42 Å². The Balaban J connectivity index is 1.94. The Morgan fingerprint density at radius 1 is 1.11 bits per heavy atom. The first-order valence-corrected chi connectivity index (χ1v) is 7.02. The lowest BCUT2D eigenvalue weighted by molar-refractivity contribution is -0.137. The van der Waals surface area contributed by atoms with Crippen LogP contribution in [-0.2, 0) is 9.53 Å². The molecule has 1 heterocycles. The molecule has 0 spiro atoms. The van der Waals surface area contributed by atoms with E-state index >= 15 is 0 Å². The molecule has 0 aliphatic carbocycles. The van der Waals surface area contributed by atoms with E-state index in [0.717, 1.165) is 32.1 Å². The van der Waals surface area contributed by atoms with Crippen molar-refractivity contribution < 1.29 is 14.6 Å². The highest BCUT2D eigenvalue weighted by Crippen LogP contribution is 2.28. The summed E-state index contributed by atoms with van der Waals surface area (Å²) in [6, 6.07) is 0. The molecule has 2 atom stereocenters. The summed E-state index contributed by atoms with van der Waals surface area (Å²) in [6.07, 6.45) is 18.2. The fourth-order valence-corrected chi connectivity index (χ4v) is 1.85. The predicted octanol–water partition coefficient (Wildman–Crippen LogP) is 3.87. The van der Waals surface area contributed by atoms with Crippen molar-refractivity contribution in [3.05, 3.63) is 36.5 Å². The van der Waals surface area contributed by atoms with Crippen LogP contribution >= 0.6 is 0 Å². The third kappa shape index (κ3) is 8.38. The van der Waals surface area contributed by atoms with Gasteiger partial charge in [-0.1, -0.05) is 36.5 Å². The third-order valence-electron chi connectivity index (χ3n) is 3.03. The largest absolute Gasteiger partial charge is 0.481 e. The van der Waals surface area contributed by atoms with Crippen LogP contribution in [0.2, 0.25) is 0 Å². The maximum Gasteiger partial charge on any atom is 0.303 e. The Kier molecular flexibility index (Phi) is 7.91. The number of ether oxygens (including phenoxy) is 1. The number of carboxylic acids is 1. The van der Waals surface area contributed by atoms with E-state index in [2.05, 4.69) is 36.5 Å². The van der Waals surface area contributed by atoms with Gasteiger partial charge in [0.25, 0.3) is 0 Å². The minimum atomic E-state index is -0.717. The molecule has 1 rings (SSSR count). The van der Waals surface area contributed by atoms with Gasteiger partial charge in [-0.05, 0) is 39.0 Å². The van der Waals surface area contributed by atoms with E-state index in [1.54, 1.807) is 0 Å². The van der Waals surface area contributed by atoms with Gasteiger partial charge >= 0.3 is 5.97 Å². The number of carbonyl (C=O) groups is 1. The highest BCUT2D eigenvalue weighted by molar-refractivity contribution is 5.66. The smallest absolute Gasteiger partial charge is 0.303 e. The Labute approximate surface area is 115 Å². The van der Waals surface area contributed by atoms with Gasteiger partial charge in [0.1, 0.15) is 0 Å². The zero-order valence-electron chi connectivity index (χ0n) is 11.6. The molecule has 0 bridgehead atoms. The first kappa shape index (κ1) is 15.7. The van der Waals surface area contributed by atoms with Crippen molar-refractivity contribution in [2.45, 2.75) is 57.7 Å². The second-order valence-electron chi connectivity index (χ2n) is 4.72. The monoisotopic (exact) mass is 264 g/mol. The highest BCUT2D eigenvalue weighted by Gasteiger charge is 2.35. The summed E-state index contributed by atoms with van der Waals surface area (Å²) in [6.45, 7) is 2.03. The van der Waals surface area contributed by atoms with Crippen LogP contribution in [-0.4, -0.2) is 23.3 Å². The fourth-order valence-electron chi connectivity index (χ4n) is 1.85. The Hall–Kier alpha value is -1.35. The van der Waals surface area contributed by atoms with E-state index in [0.29, 0.717) is 12.2 Å². The number of unbranched alkanes of at least 4 members (excludes halogenated alkanes) is 1. The molecule has 1 aliphatic rings. The Bertz CT molecular complexity index is 342. The minimum Gasteiger partial charge on any atom is -0.481 e. The molecule has 0 aromatic heterocycles. The molecule has 0 amide bonds. The first-order valence-electron chi connectivity index (χ1n) is 7.02. The molecule has 0 aromatic rings. The van der Waals surface area contributed by atoms with E-state index in [9.17, 15) is 4.79 Å². The normalized spacial score (nSPS) is 22.8. The molecule has 1 N–H and O–H groups in total. The maximum absolute atomic E-state index is 10.3. The van der Waals surface area contributed by atoms with Gasteiger partial charge in [0.05, 0.1) is 12.2 Å². The number of allylic oxidation sites excluding steroid dienone is 4. The molecule has 0 unspecified atom stereocenters. The second-order valence-corrected chi connectivity index (χ2v) is 4.72. The summed E-state index contributed by atoms with van der Waals surface area (Å²) >= 11 is 0. The molecule has 19 heavy (non-hydrogen) atoms. The van der Waals surface area contributed by atoms with Crippen LogP contribution in [0.4, 0.5) is 0 Å². The van der Waals surface area contributed by atoms with E-state index in [1.165, 1.54) is 0 Å². The van der Waals surface area contributed by atoms with Crippen LogP contribution in [0.3, 0.4) is 0 Å². The molecule has 1 fully saturated rings. The highest BCUT2D eigenvalue weighted by atomic mass is 16.6. The molecule has 1 saturated heterocycles. The van der Waals surface area contributed by atoms with Gasteiger partial charge < -0.3 is 9.84 Å². The number of aliphatic carboxylic acids is 1. The van der Waals surface area contributed by atoms with Gasteiger partial charge in [0.15, 0.2) is 0 Å². The standard InChI is InChI=1S/C16H24O3/c1-2-3-11-14-15(19-14)12-9-7-5-4-6-8-10-13-16(17)18/h2-4,6-7,9,14-15H,5,8,10-13H2,1H3,(H,17,18)/b3-2-,6-4-,9-7-/t14-,15+/m0/s1. The second kappa shape index (κ2) is 9.56. The quantitative estimate of drug-likeness (QED) is 0.370. The maximum atomic E-state index is 10.3. The molecule has 0 radical (unpaired) electrons. The summed E-state index contributed by atoms with van der Waals surface area (Å²) in [4.78, 5) is 10.3. The fraction of sp³-hybridized carbons (Fsp3) is 0.562. The molecule has 0 aromatic carbocycles. The van der Waals surface area contributed by atoms with Crippen molar-refractivity contribution >= 4 is 5.97 Å². The lowest BCUT2D eigenvalue weighted by Crippen LogP contribution is -1.92. The van der Waals surface area contributed by atoms with Crippen molar-refractivity contribution in [2.75, 3.05) is 0 Å². The summed E-state index contributed by atoms with van der Waals surface area (Å²) < 4.78 is 5.52. The Morgan fingerprint density at radius 3 is 2.47 bits per heavy atom. The van der Waals surface area contributed by atoms with E-state index < -0.39 is 5.97 Å². The van der Waals surface area contributed by atoms with Gasteiger partial charge in [-0.3, -0.25) is 4.79 Å². The van der Waals surface area contributed by atoms with E-state index in [1.807, 2.05) is 6.92 Å². The molecule has 106 valence electrons. The average molecular weight is 264 g/mol. The average Bonchev–Trinajstić information content (AvgIpc) is 3.12. The molecule has 0 saturated carbocycles. The first-order chi connectivity index (χ1) is 9.24. The van der Waals surface area contributed by atoms with Crippen LogP contribution in [0.25, 0.3) is 0 Å². The van der Waals surface area contributed by atoms with Crippen molar-refractivity contribution in [2.24, 2.45) is 0 Å². The number of epoxide rings is 1. The topological polar surface area (TPSA) is 49.8 Å². The third-order valence-corrected chi connectivity index (χ3v) is 3.03. The van der Waals surface area contributed by atoms with Crippen molar-refractivity contribution in [3.63, 3.8) is 0 Å². The van der Waals surface area contributed by atoms with Gasteiger partial charge in [-0.2, -0.15) is 0 Å². The summed E-state index contributed by atoms with van der Waals surface area (Å²) in [5.41, 5.74) is 0. The summed E-state index contributed by atoms with van der Waals surface area (Å²) in [5, 5.41) is 8.47. The van der Waals surface area contributed by atoms with Crippen LogP contribution in [0.5, 0.6) is 0 Å². The van der Waals surface area contributed by atoms with Crippen molar-refractivity contribution in [1.82, 2.24) is 0 Å². The molecule has 3 nitrogen and oxygen atoms in total. The zero-order chi connectivity index (χ0) is 13.9. The molecular formula is C16H24O3.